The second-order valence-electron chi connectivity index (χ2n) is 4.35. The van der Waals surface area contributed by atoms with Crippen molar-refractivity contribution in [1.82, 2.24) is 10.2 Å². The largest absolute Gasteiger partial charge is 0.480 e. The van der Waals surface area contributed by atoms with Gasteiger partial charge < -0.3 is 20.4 Å². The van der Waals surface area contributed by atoms with E-state index in [9.17, 15) is 9.59 Å². The summed E-state index contributed by atoms with van der Waals surface area (Å²) in [5.41, 5.74) is 0.971. The number of hydrogen-bond donors (Lipinski definition) is 3. The number of nitrogens with zero attached hydrogens (tertiary/aromatic N) is 1. The van der Waals surface area contributed by atoms with Crippen LogP contribution >= 0.6 is 0 Å². The number of aliphatic hydroxyl groups excluding tert-OH is 1. The molecule has 0 aliphatic rings. The smallest absolute Gasteiger partial charge is 0.326 e. The van der Waals surface area contributed by atoms with Crippen molar-refractivity contribution in [2.45, 2.75) is 25.9 Å². The molecule has 6 heteroatoms. The first kappa shape index (κ1) is 16.0. The third-order valence-corrected chi connectivity index (χ3v) is 2.90. The van der Waals surface area contributed by atoms with Crippen LogP contribution in [0, 0.1) is 0 Å². The molecule has 0 aromatic heterocycles. The van der Waals surface area contributed by atoms with Crippen LogP contribution in [-0.2, 0) is 11.3 Å². The Morgan fingerprint density at radius 3 is 2.45 bits per heavy atom. The van der Waals surface area contributed by atoms with Crippen LogP contribution in [0.2, 0.25) is 0 Å². The van der Waals surface area contributed by atoms with Crippen molar-refractivity contribution >= 4 is 12.0 Å². The number of aliphatic carboxylic acids is 1. The SMILES string of the molecule is CCN(Cc1ccccc1)C(=O)N[C@@H](CCO)C(=O)O. The average molecular weight is 280 g/mol. The quantitative estimate of drug-likeness (QED) is 0.696. The Bertz CT molecular complexity index is 436. The predicted octanol–water partition coefficient (Wildman–Crippen LogP) is 1.05. The average Bonchev–Trinajstić information content (AvgIpc) is 2.45. The van der Waals surface area contributed by atoms with Gasteiger partial charge in [0.05, 0.1) is 0 Å². The predicted molar refractivity (Wildman–Crippen MR) is 74.2 cm³/mol. The third-order valence-electron chi connectivity index (χ3n) is 2.90. The van der Waals surface area contributed by atoms with Crippen molar-refractivity contribution in [3.63, 3.8) is 0 Å². The highest BCUT2D eigenvalue weighted by Crippen LogP contribution is 2.05. The molecule has 0 bridgehead atoms. The lowest BCUT2D eigenvalue weighted by Gasteiger charge is -2.23. The second kappa shape index (κ2) is 8.16. The molecular formula is C14H20N2O4. The Kier molecular flexibility index (Phi) is 6.52. The fourth-order valence-corrected chi connectivity index (χ4v) is 1.76. The summed E-state index contributed by atoms with van der Waals surface area (Å²) in [4.78, 5) is 24.5. The van der Waals surface area contributed by atoms with Crippen molar-refractivity contribution in [3.8, 4) is 0 Å². The van der Waals surface area contributed by atoms with Crippen molar-refractivity contribution in [2.75, 3.05) is 13.2 Å². The van der Waals surface area contributed by atoms with Gasteiger partial charge in [0, 0.05) is 26.1 Å². The highest BCUT2D eigenvalue weighted by atomic mass is 16.4. The number of carboxylic acids is 1. The molecule has 0 saturated carbocycles. The minimum Gasteiger partial charge on any atom is -0.480 e. The molecule has 1 rings (SSSR count). The molecule has 6 nitrogen and oxygen atoms in total. The number of benzene rings is 1. The summed E-state index contributed by atoms with van der Waals surface area (Å²) >= 11 is 0. The molecule has 3 N–H and O–H groups in total. The van der Waals surface area contributed by atoms with Crippen LogP contribution in [0.1, 0.15) is 18.9 Å². The summed E-state index contributed by atoms with van der Waals surface area (Å²) in [7, 11) is 0. The van der Waals surface area contributed by atoms with Gasteiger partial charge in [-0.2, -0.15) is 0 Å². The van der Waals surface area contributed by atoms with Gasteiger partial charge >= 0.3 is 12.0 Å². The van der Waals surface area contributed by atoms with Crippen LogP contribution in [0.3, 0.4) is 0 Å². The number of nitrogens with one attached hydrogen (secondary N) is 1. The van der Waals surface area contributed by atoms with Gasteiger partial charge in [0.2, 0.25) is 0 Å². The van der Waals surface area contributed by atoms with Crippen LogP contribution in [0.5, 0.6) is 0 Å². The van der Waals surface area contributed by atoms with Gasteiger partial charge in [-0.15, -0.1) is 0 Å². The number of carbonyl (C=O) groups excluding carboxylic acids is 1. The molecule has 0 fully saturated rings. The maximum atomic E-state index is 12.0. The van der Waals surface area contributed by atoms with E-state index in [0.29, 0.717) is 13.1 Å². The maximum absolute atomic E-state index is 12.0. The Hall–Kier alpha value is -2.08. The molecule has 0 unspecified atom stereocenters. The zero-order valence-corrected chi connectivity index (χ0v) is 11.5. The number of rotatable bonds is 7. The fourth-order valence-electron chi connectivity index (χ4n) is 1.76. The zero-order chi connectivity index (χ0) is 15.0. The Labute approximate surface area is 118 Å². The Morgan fingerprint density at radius 2 is 1.95 bits per heavy atom. The van der Waals surface area contributed by atoms with Crippen LogP contribution in [-0.4, -0.2) is 46.3 Å². The van der Waals surface area contributed by atoms with Crippen molar-refractivity contribution in [3.05, 3.63) is 35.9 Å². The second-order valence-corrected chi connectivity index (χ2v) is 4.35. The first-order valence-corrected chi connectivity index (χ1v) is 6.51. The standard InChI is InChI=1S/C14H20N2O4/c1-2-16(10-11-6-4-3-5-7-11)14(20)15-12(8-9-17)13(18)19/h3-7,12,17H,2,8-10H2,1H3,(H,15,20)(H,18,19)/t12-/m0/s1. The summed E-state index contributed by atoms with van der Waals surface area (Å²) in [6, 6.07) is 7.94. The molecular weight excluding hydrogens is 260 g/mol. The van der Waals surface area contributed by atoms with E-state index in [-0.39, 0.29) is 13.0 Å². The lowest BCUT2D eigenvalue weighted by molar-refractivity contribution is -0.139. The minimum absolute atomic E-state index is 0.00996. The van der Waals surface area contributed by atoms with Gasteiger partial charge in [0.25, 0.3) is 0 Å². The zero-order valence-electron chi connectivity index (χ0n) is 11.5. The molecule has 0 radical (unpaired) electrons. The lowest BCUT2D eigenvalue weighted by Crippen LogP contribution is -2.48. The van der Waals surface area contributed by atoms with Gasteiger partial charge in [-0.3, -0.25) is 0 Å². The molecule has 1 aromatic rings. The van der Waals surface area contributed by atoms with E-state index >= 15 is 0 Å². The Balaban J connectivity index is 2.64. The summed E-state index contributed by atoms with van der Waals surface area (Å²) in [6.45, 7) is 2.41. The number of amides is 2. The highest BCUT2D eigenvalue weighted by molar-refractivity contribution is 5.82. The van der Waals surface area contributed by atoms with Crippen LogP contribution in [0.4, 0.5) is 4.79 Å². The van der Waals surface area contributed by atoms with Gasteiger partial charge in [-0.05, 0) is 12.5 Å². The van der Waals surface area contributed by atoms with Gasteiger partial charge in [-0.1, -0.05) is 30.3 Å². The normalized spacial score (nSPS) is 11.7. The van der Waals surface area contributed by atoms with Crippen LogP contribution < -0.4 is 5.32 Å². The number of carboxylic acid groups (broad SMARTS) is 1. The van der Waals surface area contributed by atoms with E-state index < -0.39 is 18.0 Å². The molecule has 1 atom stereocenters. The van der Waals surface area contributed by atoms with Gasteiger partial charge in [-0.25, -0.2) is 9.59 Å². The first-order valence-electron chi connectivity index (χ1n) is 6.51. The number of carbonyl (C=O) groups is 2. The van der Waals surface area contributed by atoms with E-state index in [1.54, 1.807) is 0 Å². The summed E-state index contributed by atoms with van der Waals surface area (Å²) in [6.07, 6.45) is -0.00996. The number of urea groups is 1. The summed E-state index contributed by atoms with van der Waals surface area (Å²) in [5, 5.41) is 20.2. The molecule has 2 amide bonds. The maximum Gasteiger partial charge on any atom is 0.326 e. The van der Waals surface area contributed by atoms with Crippen molar-refractivity contribution in [1.29, 1.82) is 0 Å². The Morgan fingerprint density at radius 1 is 1.30 bits per heavy atom. The molecule has 110 valence electrons. The lowest BCUT2D eigenvalue weighted by atomic mass is 10.2. The fraction of sp³-hybridized carbons (Fsp3) is 0.429. The number of aliphatic hydroxyl groups is 1. The van der Waals surface area contributed by atoms with Crippen LogP contribution in [0.15, 0.2) is 30.3 Å². The highest BCUT2D eigenvalue weighted by Gasteiger charge is 2.22. The van der Waals surface area contributed by atoms with Crippen molar-refractivity contribution < 1.29 is 19.8 Å². The first-order chi connectivity index (χ1) is 9.58. The van der Waals surface area contributed by atoms with E-state index in [1.807, 2.05) is 37.3 Å². The van der Waals surface area contributed by atoms with Gasteiger partial charge in [0.15, 0.2) is 0 Å². The summed E-state index contributed by atoms with van der Waals surface area (Å²) in [5.74, 6) is -1.15. The van der Waals surface area contributed by atoms with E-state index in [1.165, 1.54) is 4.90 Å². The molecule has 20 heavy (non-hydrogen) atoms. The van der Waals surface area contributed by atoms with Crippen molar-refractivity contribution in [2.24, 2.45) is 0 Å². The molecule has 0 saturated heterocycles. The van der Waals surface area contributed by atoms with E-state index in [0.717, 1.165) is 5.56 Å². The van der Waals surface area contributed by atoms with E-state index in [4.69, 9.17) is 10.2 Å². The molecule has 0 heterocycles. The molecule has 0 aliphatic carbocycles. The summed E-state index contributed by atoms with van der Waals surface area (Å²) < 4.78 is 0. The molecule has 0 spiro atoms. The minimum atomic E-state index is -1.15. The molecule has 0 aliphatic heterocycles. The van der Waals surface area contributed by atoms with Crippen LogP contribution in [0.25, 0.3) is 0 Å². The third kappa shape index (κ3) is 4.89. The number of hydrogen-bond acceptors (Lipinski definition) is 3. The molecule has 1 aromatic carbocycles. The topological polar surface area (TPSA) is 89.9 Å². The van der Waals surface area contributed by atoms with E-state index in [2.05, 4.69) is 5.32 Å². The van der Waals surface area contributed by atoms with Gasteiger partial charge in [0.1, 0.15) is 6.04 Å². The monoisotopic (exact) mass is 280 g/mol.